The van der Waals surface area contributed by atoms with E-state index in [1.54, 1.807) is 30.3 Å². The summed E-state index contributed by atoms with van der Waals surface area (Å²) in [6, 6.07) is 8.38. The predicted molar refractivity (Wildman–Crippen MR) is 66.9 cm³/mol. The Labute approximate surface area is 108 Å². The molecule has 0 spiro atoms. The summed E-state index contributed by atoms with van der Waals surface area (Å²) in [6.45, 7) is 0.208. The summed E-state index contributed by atoms with van der Waals surface area (Å²) < 4.78 is 31.9. The second-order valence-corrected chi connectivity index (χ2v) is 5.98. The maximum absolute atomic E-state index is 12.0. The minimum atomic E-state index is -3.51. The number of rotatable bonds is 4. The first-order chi connectivity index (χ1) is 8.09. The Morgan fingerprint density at radius 1 is 1.24 bits per heavy atom. The highest BCUT2D eigenvalue weighted by Crippen LogP contribution is 2.21. The highest BCUT2D eigenvalue weighted by molar-refractivity contribution is 9.10. The second-order valence-electron chi connectivity index (χ2n) is 3.39. The maximum atomic E-state index is 12.0. The van der Waals surface area contributed by atoms with Crippen molar-refractivity contribution in [1.29, 1.82) is 0 Å². The Balaban J connectivity index is 2.17. The molecule has 0 radical (unpaired) electrons. The van der Waals surface area contributed by atoms with Crippen molar-refractivity contribution in [1.82, 2.24) is 4.72 Å². The van der Waals surface area contributed by atoms with Crippen LogP contribution >= 0.6 is 15.9 Å². The Kier molecular flexibility index (Phi) is 3.66. The van der Waals surface area contributed by atoms with Gasteiger partial charge in [-0.15, -0.1) is 0 Å². The van der Waals surface area contributed by atoms with Crippen molar-refractivity contribution in [3.05, 3.63) is 52.9 Å². The maximum Gasteiger partial charge on any atom is 0.241 e. The van der Waals surface area contributed by atoms with Gasteiger partial charge in [-0.3, -0.25) is 0 Å². The summed E-state index contributed by atoms with van der Waals surface area (Å²) in [4.78, 5) is 0.225. The van der Waals surface area contributed by atoms with Crippen LogP contribution in [-0.2, 0) is 16.6 Å². The molecule has 1 heterocycles. The Bertz CT molecular complexity index is 593. The zero-order valence-corrected chi connectivity index (χ0v) is 11.2. The van der Waals surface area contributed by atoms with Gasteiger partial charge in [-0.1, -0.05) is 12.1 Å². The molecule has 90 valence electrons. The topological polar surface area (TPSA) is 59.3 Å². The van der Waals surface area contributed by atoms with Gasteiger partial charge in [0.25, 0.3) is 0 Å². The van der Waals surface area contributed by atoms with Crippen LogP contribution in [0.25, 0.3) is 0 Å². The molecule has 0 atom stereocenters. The van der Waals surface area contributed by atoms with Gasteiger partial charge in [-0.2, -0.15) is 0 Å². The largest absolute Gasteiger partial charge is 0.472 e. The third-order valence-electron chi connectivity index (χ3n) is 2.17. The van der Waals surface area contributed by atoms with E-state index in [9.17, 15) is 8.42 Å². The highest BCUT2D eigenvalue weighted by atomic mass is 79.9. The third kappa shape index (κ3) is 2.96. The molecule has 0 fully saturated rings. The van der Waals surface area contributed by atoms with E-state index in [2.05, 4.69) is 20.7 Å². The lowest BCUT2D eigenvalue weighted by Crippen LogP contribution is -2.23. The standard InChI is InChI=1S/C11H10BrNO3S/c12-10-3-1-2-4-11(10)17(14,15)13-7-9-5-6-16-8-9/h1-6,8,13H,7H2. The monoisotopic (exact) mass is 315 g/mol. The lowest BCUT2D eigenvalue weighted by atomic mass is 10.4. The van der Waals surface area contributed by atoms with Crippen molar-refractivity contribution in [2.24, 2.45) is 0 Å². The number of benzene rings is 1. The average Bonchev–Trinajstić information content (AvgIpc) is 2.80. The molecule has 1 aromatic heterocycles. The van der Waals surface area contributed by atoms with Crippen molar-refractivity contribution < 1.29 is 12.8 Å². The Morgan fingerprint density at radius 2 is 2.00 bits per heavy atom. The van der Waals surface area contributed by atoms with Crippen LogP contribution in [0, 0.1) is 0 Å². The molecule has 1 N–H and O–H groups in total. The fourth-order valence-electron chi connectivity index (χ4n) is 1.31. The van der Waals surface area contributed by atoms with E-state index >= 15 is 0 Å². The van der Waals surface area contributed by atoms with Crippen molar-refractivity contribution in [3.8, 4) is 0 Å². The summed E-state index contributed by atoms with van der Waals surface area (Å²) in [5.74, 6) is 0. The molecule has 17 heavy (non-hydrogen) atoms. The van der Waals surface area contributed by atoms with Gasteiger partial charge in [0.05, 0.1) is 17.4 Å². The van der Waals surface area contributed by atoms with Crippen LogP contribution in [0.3, 0.4) is 0 Å². The molecule has 1 aromatic carbocycles. The summed E-state index contributed by atoms with van der Waals surface area (Å²) in [6.07, 6.45) is 3.00. The molecule has 0 unspecified atom stereocenters. The van der Waals surface area contributed by atoms with E-state index in [-0.39, 0.29) is 11.4 Å². The Morgan fingerprint density at radius 3 is 2.65 bits per heavy atom. The number of halogens is 1. The molecule has 0 saturated carbocycles. The van der Waals surface area contributed by atoms with Crippen LogP contribution in [0.2, 0.25) is 0 Å². The summed E-state index contributed by atoms with van der Waals surface area (Å²) in [5.41, 5.74) is 0.778. The smallest absolute Gasteiger partial charge is 0.241 e. The molecule has 0 amide bonds. The van der Waals surface area contributed by atoms with Gasteiger partial charge in [0.1, 0.15) is 0 Å². The van der Waals surface area contributed by atoms with E-state index in [4.69, 9.17) is 4.42 Å². The van der Waals surface area contributed by atoms with Crippen LogP contribution < -0.4 is 4.72 Å². The number of hydrogen-bond donors (Lipinski definition) is 1. The van der Waals surface area contributed by atoms with E-state index in [1.807, 2.05) is 0 Å². The average molecular weight is 316 g/mol. The molecule has 0 aliphatic carbocycles. The zero-order valence-electron chi connectivity index (χ0n) is 8.76. The third-order valence-corrected chi connectivity index (χ3v) is 4.59. The van der Waals surface area contributed by atoms with Gasteiger partial charge in [0.15, 0.2) is 0 Å². The highest BCUT2D eigenvalue weighted by Gasteiger charge is 2.16. The van der Waals surface area contributed by atoms with Crippen LogP contribution in [0.15, 0.2) is 56.6 Å². The van der Waals surface area contributed by atoms with Crippen LogP contribution in [-0.4, -0.2) is 8.42 Å². The van der Waals surface area contributed by atoms with Crippen molar-refractivity contribution >= 4 is 26.0 Å². The van der Waals surface area contributed by atoms with Gasteiger partial charge < -0.3 is 4.42 Å². The summed E-state index contributed by atoms with van der Waals surface area (Å²) in [5, 5.41) is 0. The fraction of sp³-hybridized carbons (Fsp3) is 0.0909. The van der Waals surface area contributed by atoms with E-state index in [0.717, 1.165) is 5.56 Å². The zero-order chi connectivity index (χ0) is 12.3. The van der Waals surface area contributed by atoms with Gasteiger partial charge in [-0.05, 0) is 34.1 Å². The van der Waals surface area contributed by atoms with Crippen LogP contribution in [0.1, 0.15) is 5.56 Å². The van der Waals surface area contributed by atoms with Crippen LogP contribution in [0.5, 0.6) is 0 Å². The number of hydrogen-bond acceptors (Lipinski definition) is 3. The van der Waals surface area contributed by atoms with E-state index in [1.165, 1.54) is 12.5 Å². The van der Waals surface area contributed by atoms with E-state index in [0.29, 0.717) is 4.47 Å². The number of sulfonamides is 1. The minimum absolute atomic E-state index is 0.208. The molecule has 0 aliphatic rings. The summed E-state index contributed by atoms with van der Waals surface area (Å²) in [7, 11) is -3.51. The van der Waals surface area contributed by atoms with E-state index < -0.39 is 10.0 Å². The van der Waals surface area contributed by atoms with Gasteiger partial charge in [-0.25, -0.2) is 13.1 Å². The molecule has 4 nitrogen and oxygen atoms in total. The first-order valence-corrected chi connectivity index (χ1v) is 7.12. The molecule has 2 aromatic rings. The number of nitrogens with one attached hydrogen (secondary N) is 1. The minimum Gasteiger partial charge on any atom is -0.472 e. The number of furan rings is 1. The molecule has 6 heteroatoms. The van der Waals surface area contributed by atoms with Crippen molar-refractivity contribution in [2.75, 3.05) is 0 Å². The van der Waals surface area contributed by atoms with Gasteiger partial charge >= 0.3 is 0 Å². The SMILES string of the molecule is O=S(=O)(NCc1ccoc1)c1ccccc1Br. The predicted octanol–water partition coefficient (Wildman–Crippen LogP) is 2.52. The molecular weight excluding hydrogens is 306 g/mol. The molecule has 0 aliphatic heterocycles. The Hall–Kier alpha value is -1.11. The van der Waals surface area contributed by atoms with Crippen molar-refractivity contribution in [3.63, 3.8) is 0 Å². The fourth-order valence-corrected chi connectivity index (χ4v) is 3.33. The van der Waals surface area contributed by atoms with Crippen molar-refractivity contribution in [2.45, 2.75) is 11.4 Å². The normalized spacial score (nSPS) is 11.6. The second kappa shape index (κ2) is 5.03. The van der Waals surface area contributed by atoms with Gasteiger partial charge in [0.2, 0.25) is 10.0 Å². The molecular formula is C11H10BrNO3S. The molecule has 0 bridgehead atoms. The lowest BCUT2D eigenvalue weighted by Gasteiger charge is -2.07. The first-order valence-electron chi connectivity index (χ1n) is 4.85. The summed E-state index contributed by atoms with van der Waals surface area (Å²) >= 11 is 3.21. The molecule has 0 saturated heterocycles. The van der Waals surface area contributed by atoms with Crippen LogP contribution in [0.4, 0.5) is 0 Å². The quantitative estimate of drug-likeness (QED) is 0.943. The molecule has 2 rings (SSSR count). The first kappa shape index (κ1) is 12.3. The van der Waals surface area contributed by atoms with Gasteiger partial charge in [0, 0.05) is 16.6 Å². The lowest BCUT2D eigenvalue weighted by molar-refractivity contribution is 0.561.